The molecule has 0 aliphatic carbocycles. The molecule has 1 saturated heterocycles. The van der Waals surface area contributed by atoms with E-state index in [4.69, 9.17) is 9.47 Å². The zero-order valence-corrected chi connectivity index (χ0v) is 13.5. The van der Waals surface area contributed by atoms with E-state index in [-0.39, 0.29) is 17.3 Å². The molecular formula is C18H18N2O5. The third-order valence-corrected chi connectivity index (χ3v) is 3.93. The zero-order valence-electron chi connectivity index (χ0n) is 13.5. The number of benzene rings is 2. The number of nitrogens with zero attached hydrogens (tertiary/aromatic N) is 2. The molecule has 7 heteroatoms. The van der Waals surface area contributed by atoms with E-state index in [0.29, 0.717) is 31.9 Å². The Labute approximate surface area is 144 Å². The highest BCUT2D eigenvalue weighted by Crippen LogP contribution is 2.27. The lowest BCUT2D eigenvalue weighted by Gasteiger charge is -2.30. The summed E-state index contributed by atoms with van der Waals surface area (Å²) in [5.74, 6) is 0.102. The molecule has 1 unspecified atom stereocenters. The number of hydrogen-bond donors (Lipinski definition) is 0. The maximum Gasteiger partial charge on any atom is 0.273 e. The Bertz CT molecular complexity index is 744. The number of nitro benzene ring substituents is 1. The molecule has 0 radical (unpaired) electrons. The largest absolute Gasteiger partial charge is 0.476 e. The molecule has 0 bridgehead atoms. The second kappa shape index (κ2) is 7.76. The lowest BCUT2D eigenvalue weighted by atomic mass is 10.1. The van der Waals surface area contributed by atoms with Crippen molar-refractivity contribution in [3.8, 4) is 5.75 Å². The average Bonchev–Trinajstić information content (AvgIpc) is 2.67. The van der Waals surface area contributed by atoms with Crippen LogP contribution in [0.25, 0.3) is 0 Å². The zero-order chi connectivity index (χ0) is 17.6. The van der Waals surface area contributed by atoms with E-state index in [2.05, 4.69) is 0 Å². The van der Waals surface area contributed by atoms with Crippen LogP contribution in [-0.4, -0.2) is 42.0 Å². The van der Waals surface area contributed by atoms with E-state index in [1.165, 1.54) is 18.2 Å². The van der Waals surface area contributed by atoms with Gasteiger partial charge in [0.15, 0.2) is 0 Å². The number of morpholine rings is 1. The van der Waals surface area contributed by atoms with Crippen molar-refractivity contribution in [1.29, 1.82) is 0 Å². The van der Waals surface area contributed by atoms with Crippen molar-refractivity contribution in [2.45, 2.75) is 6.10 Å². The highest BCUT2D eigenvalue weighted by atomic mass is 16.6. The summed E-state index contributed by atoms with van der Waals surface area (Å²) in [5, 5.41) is 11.0. The summed E-state index contributed by atoms with van der Waals surface area (Å²) in [5.41, 5.74) is 0.619. The van der Waals surface area contributed by atoms with Gasteiger partial charge in [-0.2, -0.15) is 0 Å². The predicted octanol–water partition coefficient (Wildman–Crippen LogP) is 2.57. The quantitative estimate of drug-likeness (QED) is 0.616. The fourth-order valence-corrected chi connectivity index (χ4v) is 2.64. The smallest absolute Gasteiger partial charge is 0.273 e. The van der Waals surface area contributed by atoms with Crippen molar-refractivity contribution in [1.82, 2.24) is 4.90 Å². The molecule has 0 aromatic heterocycles. The first-order chi connectivity index (χ1) is 12.1. The van der Waals surface area contributed by atoms with E-state index in [1.807, 2.05) is 18.2 Å². The summed E-state index contributed by atoms with van der Waals surface area (Å²) in [6.45, 7) is 1.98. The Morgan fingerprint density at radius 3 is 2.52 bits per heavy atom. The van der Waals surface area contributed by atoms with Crippen molar-refractivity contribution in [3.63, 3.8) is 0 Å². The van der Waals surface area contributed by atoms with Gasteiger partial charge in [-0.25, -0.2) is 0 Å². The van der Waals surface area contributed by atoms with Crippen LogP contribution in [0.2, 0.25) is 0 Å². The summed E-state index contributed by atoms with van der Waals surface area (Å²) in [4.78, 5) is 25.1. The molecule has 2 aromatic carbocycles. The van der Waals surface area contributed by atoms with Crippen LogP contribution in [0.5, 0.6) is 5.75 Å². The monoisotopic (exact) mass is 342 g/mol. The molecule has 3 rings (SSSR count). The second-order valence-electron chi connectivity index (χ2n) is 5.60. The number of carbonyl (C=O) groups is 1. The summed E-state index contributed by atoms with van der Waals surface area (Å²) < 4.78 is 11.2. The van der Waals surface area contributed by atoms with Crippen LogP contribution >= 0.6 is 0 Å². The number of non-ortho nitro benzene ring substituents is 1. The lowest BCUT2D eigenvalue weighted by Crippen LogP contribution is -2.44. The SMILES string of the molecule is O=C(C(Oc1cccc([N+](=O)[O-])c1)c1ccccc1)N1CCOCC1. The van der Waals surface area contributed by atoms with Crippen LogP contribution in [0.4, 0.5) is 5.69 Å². The van der Waals surface area contributed by atoms with Crippen LogP contribution in [0, 0.1) is 10.1 Å². The van der Waals surface area contributed by atoms with E-state index in [0.717, 1.165) is 0 Å². The number of nitro groups is 1. The topological polar surface area (TPSA) is 81.9 Å². The number of ether oxygens (including phenoxy) is 2. The molecule has 0 spiro atoms. The number of carbonyl (C=O) groups excluding carboxylic acids is 1. The molecule has 0 N–H and O–H groups in total. The van der Waals surface area contributed by atoms with Gasteiger partial charge in [0.1, 0.15) is 5.75 Å². The third-order valence-electron chi connectivity index (χ3n) is 3.93. The highest BCUT2D eigenvalue weighted by Gasteiger charge is 2.29. The Morgan fingerprint density at radius 1 is 1.12 bits per heavy atom. The second-order valence-corrected chi connectivity index (χ2v) is 5.60. The van der Waals surface area contributed by atoms with E-state index >= 15 is 0 Å². The van der Waals surface area contributed by atoms with Crippen LogP contribution < -0.4 is 4.74 Å². The molecule has 1 atom stereocenters. The molecule has 0 saturated carbocycles. The fraction of sp³-hybridized carbons (Fsp3) is 0.278. The highest BCUT2D eigenvalue weighted by molar-refractivity contribution is 5.82. The standard InChI is InChI=1S/C18H18N2O5/c21-18(19-9-11-24-12-10-19)17(14-5-2-1-3-6-14)25-16-8-4-7-15(13-16)20(22)23/h1-8,13,17H,9-12H2. The Kier molecular flexibility index (Phi) is 5.25. The van der Waals surface area contributed by atoms with Crippen LogP contribution in [0.15, 0.2) is 54.6 Å². The minimum Gasteiger partial charge on any atom is -0.476 e. The molecule has 2 aromatic rings. The lowest BCUT2D eigenvalue weighted by molar-refractivity contribution is -0.385. The van der Waals surface area contributed by atoms with Gasteiger partial charge in [-0.3, -0.25) is 14.9 Å². The first-order valence-corrected chi connectivity index (χ1v) is 7.98. The van der Waals surface area contributed by atoms with Gasteiger partial charge in [0.25, 0.3) is 11.6 Å². The first-order valence-electron chi connectivity index (χ1n) is 7.98. The number of amides is 1. The minimum absolute atomic E-state index is 0.0804. The molecule has 1 fully saturated rings. The fourth-order valence-electron chi connectivity index (χ4n) is 2.64. The van der Waals surface area contributed by atoms with Gasteiger partial charge in [-0.05, 0) is 6.07 Å². The Balaban J connectivity index is 1.87. The van der Waals surface area contributed by atoms with E-state index in [9.17, 15) is 14.9 Å². The van der Waals surface area contributed by atoms with Crippen molar-refractivity contribution in [2.75, 3.05) is 26.3 Å². The molecule has 1 amide bonds. The van der Waals surface area contributed by atoms with Gasteiger partial charge in [-0.1, -0.05) is 36.4 Å². The van der Waals surface area contributed by atoms with Gasteiger partial charge in [-0.15, -0.1) is 0 Å². The summed E-state index contributed by atoms with van der Waals surface area (Å²) in [6.07, 6.45) is -0.860. The average molecular weight is 342 g/mol. The summed E-state index contributed by atoms with van der Waals surface area (Å²) in [7, 11) is 0. The molecule has 7 nitrogen and oxygen atoms in total. The van der Waals surface area contributed by atoms with E-state index in [1.54, 1.807) is 23.1 Å². The van der Waals surface area contributed by atoms with Crippen LogP contribution in [0.1, 0.15) is 11.7 Å². The summed E-state index contributed by atoms with van der Waals surface area (Å²) in [6, 6.07) is 15.0. The molecular weight excluding hydrogens is 324 g/mol. The van der Waals surface area contributed by atoms with Crippen LogP contribution in [0.3, 0.4) is 0 Å². The Morgan fingerprint density at radius 2 is 1.84 bits per heavy atom. The molecule has 1 aliphatic heterocycles. The number of hydrogen-bond acceptors (Lipinski definition) is 5. The van der Waals surface area contributed by atoms with Crippen molar-refractivity contribution in [3.05, 3.63) is 70.3 Å². The minimum atomic E-state index is -0.860. The third kappa shape index (κ3) is 4.13. The molecule has 130 valence electrons. The normalized spacial score (nSPS) is 15.4. The van der Waals surface area contributed by atoms with Crippen molar-refractivity contribution >= 4 is 11.6 Å². The maximum atomic E-state index is 12.9. The first kappa shape index (κ1) is 16.9. The predicted molar refractivity (Wildman–Crippen MR) is 90.3 cm³/mol. The Hall–Kier alpha value is -2.93. The number of rotatable bonds is 5. The van der Waals surface area contributed by atoms with Gasteiger partial charge in [0.2, 0.25) is 6.10 Å². The van der Waals surface area contributed by atoms with E-state index < -0.39 is 11.0 Å². The maximum absolute atomic E-state index is 12.9. The molecule has 1 heterocycles. The molecule has 1 aliphatic rings. The van der Waals surface area contributed by atoms with Crippen molar-refractivity contribution < 1.29 is 19.2 Å². The molecule has 25 heavy (non-hydrogen) atoms. The van der Waals surface area contributed by atoms with Crippen LogP contribution in [-0.2, 0) is 9.53 Å². The van der Waals surface area contributed by atoms with Gasteiger partial charge >= 0.3 is 0 Å². The van der Waals surface area contributed by atoms with Gasteiger partial charge < -0.3 is 14.4 Å². The summed E-state index contributed by atoms with van der Waals surface area (Å²) >= 11 is 0. The van der Waals surface area contributed by atoms with Crippen molar-refractivity contribution in [2.24, 2.45) is 0 Å². The van der Waals surface area contributed by atoms with Gasteiger partial charge in [0.05, 0.1) is 24.2 Å². The van der Waals surface area contributed by atoms with Gasteiger partial charge in [0, 0.05) is 24.7 Å².